The lowest BCUT2D eigenvalue weighted by atomic mass is 9.90. The molecule has 10 rings (SSSR count). The predicted molar refractivity (Wildman–Crippen MR) is 223 cm³/mol. The van der Waals surface area contributed by atoms with Crippen LogP contribution >= 0.6 is 0 Å². The Morgan fingerprint density at radius 1 is 0.259 bits per heavy atom. The van der Waals surface area contributed by atoms with Crippen molar-refractivity contribution in [3.63, 3.8) is 0 Å². The monoisotopic (exact) mass is 688 g/mol. The molecular formula is C50H32N4. The zero-order valence-corrected chi connectivity index (χ0v) is 29.3. The van der Waals surface area contributed by atoms with Crippen molar-refractivity contribution >= 4 is 32.6 Å². The van der Waals surface area contributed by atoms with Crippen LogP contribution in [0.2, 0.25) is 0 Å². The van der Waals surface area contributed by atoms with Gasteiger partial charge < -0.3 is 0 Å². The smallest absolute Gasteiger partial charge is 0.0979 e. The molecule has 0 radical (unpaired) electrons. The predicted octanol–water partition coefficient (Wildman–Crippen LogP) is 12.7. The fourth-order valence-electron chi connectivity index (χ4n) is 7.66. The van der Waals surface area contributed by atoms with Gasteiger partial charge in [-0.1, -0.05) is 146 Å². The number of hydrogen-bond acceptors (Lipinski definition) is 4. The van der Waals surface area contributed by atoms with Crippen molar-refractivity contribution in [2.75, 3.05) is 0 Å². The van der Waals surface area contributed by atoms with Crippen LogP contribution in [0.15, 0.2) is 195 Å². The molecular weight excluding hydrogens is 657 g/mol. The number of rotatable bonds is 6. The second kappa shape index (κ2) is 13.4. The summed E-state index contributed by atoms with van der Waals surface area (Å²) in [7, 11) is 0. The fraction of sp³-hybridized carbons (Fsp3) is 0. The van der Waals surface area contributed by atoms with E-state index in [4.69, 9.17) is 9.97 Å². The van der Waals surface area contributed by atoms with Gasteiger partial charge in [0.1, 0.15) is 0 Å². The van der Waals surface area contributed by atoms with Crippen LogP contribution in [0.1, 0.15) is 0 Å². The molecule has 0 aliphatic rings. The molecule has 3 heterocycles. The second-order valence-electron chi connectivity index (χ2n) is 13.5. The normalized spacial score (nSPS) is 11.3. The largest absolute Gasteiger partial charge is 0.264 e. The minimum absolute atomic E-state index is 0.863. The van der Waals surface area contributed by atoms with Gasteiger partial charge in [0.05, 0.1) is 22.4 Å². The number of hydrogen-bond donors (Lipinski definition) is 0. The highest BCUT2D eigenvalue weighted by molar-refractivity contribution is 6.09. The van der Waals surface area contributed by atoms with Crippen LogP contribution in [-0.4, -0.2) is 19.9 Å². The summed E-state index contributed by atoms with van der Waals surface area (Å²) < 4.78 is 0. The summed E-state index contributed by atoms with van der Waals surface area (Å²) in [5.74, 6) is 0. The summed E-state index contributed by atoms with van der Waals surface area (Å²) in [5, 5.41) is 4.60. The summed E-state index contributed by atoms with van der Waals surface area (Å²) >= 11 is 0. The van der Waals surface area contributed by atoms with Crippen molar-refractivity contribution < 1.29 is 0 Å². The molecule has 0 N–H and O–H groups in total. The van der Waals surface area contributed by atoms with Crippen molar-refractivity contribution in [3.05, 3.63) is 195 Å². The number of benzene rings is 7. The molecule has 0 fully saturated rings. The Labute approximate surface area is 313 Å². The first-order valence-corrected chi connectivity index (χ1v) is 18.1. The molecule has 0 saturated heterocycles. The van der Waals surface area contributed by atoms with Crippen molar-refractivity contribution in [1.82, 2.24) is 19.9 Å². The molecule has 0 aliphatic carbocycles. The highest BCUT2D eigenvalue weighted by Gasteiger charge is 2.19. The molecule has 10 aromatic rings. The van der Waals surface area contributed by atoms with Gasteiger partial charge in [0.25, 0.3) is 0 Å². The number of fused-ring (bicyclic) bond motifs is 3. The van der Waals surface area contributed by atoms with E-state index in [9.17, 15) is 0 Å². The Morgan fingerprint density at radius 2 is 0.630 bits per heavy atom. The standard InChI is InChI=1S/C50H32N4/c1-2-20-48-47(19-1)53-49(45-17-5-13-41-39(11-3-15-43(41)45)35-25-21-33(22-26-35)37-9-7-29-51-31-37)50(54-48)46-18-6-14-42-40(12-4-16-44(42)46)36-27-23-34(24-28-36)38-10-8-30-52-32-38/h1-32H. The molecule has 0 bridgehead atoms. The number of aromatic nitrogens is 4. The van der Waals surface area contributed by atoms with E-state index in [2.05, 4.69) is 143 Å². The minimum Gasteiger partial charge on any atom is -0.264 e. The van der Waals surface area contributed by atoms with E-state index >= 15 is 0 Å². The average Bonchev–Trinajstić information content (AvgIpc) is 3.26. The van der Waals surface area contributed by atoms with Crippen molar-refractivity contribution in [1.29, 1.82) is 0 Å². The van der Waals surface area contributed by atoms with E-state index in [-0.39, 0.29) is 0 Å². The van der Waals surface area contributed by atoms with E-state index < -0.39 is 0 Å². The Bertz CT molecular complexity index is 2750. The molecule has 3 aromatic heterocycles. The maximum absolute atomic E-state index is 5.37. The molecule has 4 heteroatoms. The first-order valence-electron chi connectivity index (χ1n) is 18.1. The van der Waals surface area contributed by atoms with E-state index in [1.807, 2.05) is 48.8 Å². The Morgan fingerprint density at radius 3 is 1.02 bits per heavy atom. The van der Waals surface area contributed by atoms with Crippen LogP contribution in [0.3, 0.4) is 0 Å². The molecule has 252 valence electrons. The Hall–Kier alpha value is -7.30. The SMILES string of the molecule is c1cncc(-c2ccc(-c3cccc4c(-c5nc6ccccc6nc5-c5cccc6c(-c7ccc(-c8cccnc8)cc7)cccc56)cccc34)cc2)c1. The molecule has 0 saturated carbocycles. The third-order valence-electron chi connectivity index (χ3n) is 10.3. The van der Waals surface area contributed by atoms with E-state index in [1.54, 1.807) is 12.4 Å². The van der Waals surface area contributed by atoms with Crippen molar-refractivity contribution in [2.45, 2.75) is 0 Å². The van der Waals surface area contributed by atoms with Gasteiger partial charge in [-0.05, 0) is 90.3 Å². The summed E-state index contributed by atoms with van der Waals surface area (Å²) in [6.45, 7) is 0. The van der Waals surface area contributed by atoms with Gasteiger partial charge in [0.15, 0.2) is 0 Å². The molecule has 54 heavy (non-hydrogen) atoms. The highest BCUT2D eigenvalue weighted by Crippen LogP contribution is 2.42. The molecule has 0 atom stereocenters. The van der Waals surface area contributed by atoms with Crippen LogP contribution in [0, 0.1) is 0 Å². The third-order valence-corrected chi connectivity index (χ3v) is 10.3. The van der Waals surface area contributed by atoms with E-state index in [0.29, 0.717) is 0 Å². The molecule has 7 aromatic carbocycles. The van der Waals surface area contributed by atoms with Gasteiger partial charge in [0, 0.05) is 35.9 Å². The van der Waals surface area contributed by atoms with Crippen molar-refractivity contribution in [2.24, 2.45) is 0 Å². The van der Waals surface area contributed by atoms with Crippen molar-refractivity contribution in [3.8, 4) is 67.0 Å². The molecule has 0 amide bonds. The van der Waals surface area contributed by atoms with Crippen LogP contribution in [-0.2, 0) is 0 Å². The average molecular weight is 689 g/mol. The number of nitrogens with zero attached hydrogens (tertiary/aromatic N) is 4. The van der Waals surface area contributed by atoms with Crippen LogP contribution < -0.4 is 0 Å². The maximum Gasteiger partial charge on any atom is 0.0979 e. The summed E-state index contributed by atoms with van der Waals surface area (Å²) in [6.07, 6.45) is 7.41. The highest BCUT2D eigenvalue weighted by atomic mass is 14.8. The minimum atomic E-state index is 0.863. The first kappa shape index (κ1) is 31.4. The maximum atomic E-state index is 5.37. The van der Waals surface area contributed by atoms with Gasteiger partial charge in [0.2, 0.25) is 0 Å². The molecule has 0 spiro atoms. The van der Waals surface area contributed by atoms with E-state index in [1.165, 1.54) is 21.9 Å². The van der Waals surface area contributed by atoms with Crippen LogP contribution in [0.25, 0.3) is 99.6 Å². The lowest BCUT2D eigenvalue weighted by molar-refractivity contribution is 1.30. The molecule has 4 nitrogen and oxygen atoms in total. The van der Waals surface area contributed by atoms with Gasteiger partial charge in [-0.2, -0.15) is 0 Å². The first-order chi connectivity index (χ1) is 26.8. The van der Waals surface area contributed by atoms with E-state index in [0.717, 1.165) is 77.7 Å². The third kappa shape index (κ3) is 5.58. The lowest BCUT2D eigenvalue weighted by Gasteiger charge is -2.16. The van der Waals surface area contributed by atoms with Gasteiger partial charge >= 0.3 is 0 Å². The fourth-order valence-corrected chi connectivity index (χ4v) is 7.66. The zero-order valence-electron chi connectivity index (χ0n) is 29.3. The topological polar surface area (TPSA) is 51.6 Å². The zero-order chi connectivity index (χ0) is 35.8. The Kier molecular flexibility index (Phi) is 7.77. The lowest BCUT2D eigenvalue weighted by Crippen LogP contribution is -1.97. The molecule has 0 unspecified atom stereocenters. The second-order valence-corrected chi connectivity index (χ2v) is 13.5. The van der Waals surface area contributed by atoms with Crippen LogP contribution in [0.4, 0.5) is 0 Å². The number of pyridine rings is 2. The number of para-hydroxylation sites is 2. The van der Waals surface area contributed by atoms with Crippen LogP contribution in [0.5, 0.6) is 0 Å². The summed E-state index contributed by atoms with van der Waals surface area (Å²) in [4.78, 5) is 19.4. The van der Waals surface area contributed by atoms with Gasteiger partial charge in [-0.25, -0.2) is 9.97 Å². The Balaban J connectivity index is 1.12. The van der Waals surface area contributed by atoms with Gasteiger partial charge in [-0.3, -0.25) is 9.97 Å². The molecule has 0 aliphatic heterocycles. The summed E-state index contributed by atoms with van der Waals surface area (Å²) in [5.41, 5.74) is 14.7. The van der Waals surface area contributed by atoms with Gasteiger partial charge in [-0.15, -0.1) is 0 Å². The summed E-state index contributed by atoms with van der Waals surface area (Å²) in [6, 6.07) is 59.9. The quantitative estimate of drug-likeness (QED) is 0.174.